The maximum absolute atomic E-state index is 14.4. The number of methoxy groups -OCH3 is 2. The predicted octanol–water partition coefficient (Wildman–Crippen LogP) is 7.10. The zero-order valence-corrected chi connectivity index (χ0v) is 32.3. The molecule has 0 amide bonds. The van der Waals surface area contributed by atoms with Crippen LogP contribution in [0.3, 0.4) is 0 Å². The quantitative estimate of drug-likeness (QED) is 0.0811. The summed E-state index contributed by atoms with van der Waals surface area (Å²) in [5.41, 5.74) is 1.96. The molecule has 0 spiro atoms. The number of nitrogens with one attached hydrogen (secondary N) is 1. The minimum Gasteiger partial charge on any atom is -0.493 e. The third kappa shape index (κ3) is 7.51. The van der Waals surface area contributed by atoms with E-state index in [-0.39, 0.29) is 32.5 Å². The van der Waals surface area contributed by atoms with Gasteiger partial charge in [0.1, 0.15) is 0 Å². The number of hydrogen-bond donors (Lipinski definition) is 1. The first-order valence-corrected chi connectivity index (χ1v) is 18.8. The van der Waals surface area contributed by atoms with Gasteiger partial charge in [0.05, 0.1) is 57.5 Å². The van der Waals surface area contributed by atoms with Gasteiger partial charge >= 0.3 is 5.97 Å². The van der Waals surface area contributed by atoms with E-state index in [1.165, 1.54) is 24.9 Å². The Kier molecular flexibility index (Phi) is 10.9. The molecule has 0 unspecified atom stereocenters. The molecule has 0 bridgehead atoms. The summed E-state index contributed by atoms with van der Waals surface area (Å²) in [4.78, 5) is 49.9. The number of rotatable bonds is 11. The average Bonchev–Trinajstić information content (AvgIpc) is 3.77. The lowest BCUT2D eigenvalue weighted by molar-refractivity contribution is -0.387. The number of nitro benzene ring substituents is 1. The van der Waals surface area contributed by atoms with E-state index in [1.807, 2.05) is 30.3 Å². The zero-order valence-electron chi connectivity index (χ0n) is 29.1. The molecule has 6 aromatic rings. The fraction of sp³-hybridized carbons (Fsp3) is 0.132. The maximum Gasteiger partial charge on any atom is 0.338 e. The Bertz CT molecular complexity index is 2700. The second-order valence-electron chi connectivity index (χ2n) is 11.7. The topological polar surface area (TPSA) is 164 Å². The van der Waals surface area contributed by atoms with E-state index in [1.54, 1.807) is 61.5 Å². The van der Waals surface area contributed by atoms with Gasteiger partial charge in [-0.05, 0) is 72.3 Å². The molecule has 13 nitrogen and oxygen atoms in total. The smallest absolute Gasteiger partial charge is 0.338 e. The highest BCUT2D eigenvalue weighted by Gasteiger charge is 2.35. The van der Waals surface area contributed by atoms with E-state index in [9.17, 15) is 19.7 Å². The molecular weight excluding hydrogens is 787 g/mol. The van der Waals surface area contributed by atoms with Gasteiger partial charge in [-0.25, -0.2) is 14.8 Å². The Balaban J connectivity index is 1.34. The van der Waals surface area contributed by atoms with Crippen LogP contribution in [0.4, 0.5) is 5.69 Å². The van der Waals surface area contributed by atoms with Gasteiger partial charge in [-0.2, -0.15) is 0 Å². The van der Waals surface area contributed by atoms with Crippen LogP contribution in [0.25, 0.3) is 23.2 Å². The number of carbonyl (C=O) groups is 1. The molecule has 0 fully saturated rings. The van der Waals surface area contributed by atoms with Crippen LogP contribution in [-0.4, -0.2) is 51.5 Å². The van der Waals surface area contributed by atoms with E-state index in [0.29, 0.717) is 60.1 Å². The third-order valence-corrected chi connectivity index (χ3v) is 10.9. The van der Waals surface area contributed by atoms with Crippen LogP contribution in [0.15, 0.2) is 110 Å². The Morgan fingerprint density at radius 2 is 1.82 bits per heavy atom. The van der Waals surface area contributed by atoms with Gasteiger partial charge in [0.15, 0.2) is 22.1 Å². The largest absolute Gasteiger partial charge is 0.493 e. The minimum atomic E-state index is -0.977. The van der Waals surface area contributed by atoms with Crippen molar-refractivity contribution >= 4 is 69.7 Å². The second kappa shape index (κ2) is 15.9. The molecule has 17 heteroatoms. The number of nitro groups is 1. The molecule has 0 aliphatic carbocycles. The Morgan fingerprint density at radius 1 is 1.04 bits per heavy atom. The van der Waals surface area contributed by atoms with Gasteiger partial charge in [0.25, 0.3) is 11.2 Å². The molecule has 1 aliphatic heterocycles. The third-order valence-electron chi connectivity index (χ3n) is 8.43. The van der Waals surface area contributed by atoms with Crippen LogP contribution in [0.1, 0.15) is 29.7 Å². The standard InChI is InChI=1S/C38H28Cl2N6O7S2/c1-4-53-36(48)31-32(21-8-6-5-7-9-21)41-38-45(33(31)22-11-14-27(51-2)28(18-22)52-3)35(47)30(55-38)17-20-10-15-29(26(16-20)46(49)50)54-37-42-34(43-44-37)24-13-12-23(39)19-25(24)40/h5-19,33H,4H2,1-3H3,(H,42,43,44)/b30-17+/t33-/m0/s1. The lowest BCUT2D eigenvalue weighted by atomic mass is 9.93. The molecule has 0 saturated heterocycles. The van der Waals surface area contributed by atoms with Crippen molar-refractivity contribution in [2.75, 3.05) is 20.8 Å². The Morgan fingerprint density at radius 3 is 2.53 bits per heavy atom. The lowest BCUT2D eigenvalue weighted by Crippen LogP contribution is -2.40. The maximum atomic E-state index is 14.4. The number of fused-ring (bicyclic) bond motifs is 1. The normalized spacial score (nSPS) is 14.0. The van der Waals surface area contributed by atoms with Crippen LogP contribution >= 0.6 is 46.3 Å². The number of aromatic nitrogens is 4. The van der Waals surface area contributed by atoms with Gasteiger partial charge in [0.2, 0.25) is 5.16 Å². The number of thiazole rings is 1. The first kappa shape index (κ1) is 37.6. The fourth-order valence-corrected chi connectivity index (χ4v) is 8.27. The Hall–Kier alpha value is -5.74. The summed E-state index contributed by atoms with van der Waals surface area (Å²) < 4.78 is 18.3. The van der Waals surface area contributed by atoms with E-state index in [0.717, 1.165) is 23.1 Å². The molecule has 4 aromatic carbocycles. The van der Waals surface area contributed by atoms with Crippen LogP contribution < -0.4 is 24.4 Å². The van der Waals surface area contributed by atoms with Crippen molar-refractivity contribution in [3.05, 3.63) is 147 Å². The van der Waals surface area contributed by atoms with Crippen LogP contribution in [0, 0.1) is 10.1 Å². The number of ether oxygens (including phenoxy) is 3. The molecule has 2 aromatic heterocycles. The van der Waals surface area contributed by atoms with Crippen molar-refractivity contribution in [1.29, 1.82) is 0 Å². The molecule has 1 aliphatic rings. The number of benzene rings is 4. The molecule has 1 N–H and O–H groups in total. The molecule has 1 atom stereocenters. The summed E-state index contributed by atoms with van der Waals surface area (Å²) >= 11 is 14.4. The van der Waals surface area contributed by atoms with Crippen molar-refractivity contribution in [1.82, 2.24) is 19.7 Å². The van der Waals surface area contributed by atoms with Gasteiger partial charge < -0.3 is 14.2 Å². The zero-order chi connectivity index (χ0) is 38.8. The predicted molar refractivity (Wildman–Crippen MR) is 210 cm³/mol. The monoisotopic (exact) mass is 814 g/mol. The van der Waals surface area contributed by atoms with Crippen LogP contribution in [0.5, 0.6) is 11.5 Å². The molecule has 0 radical (unpaired) electrons. The number of halogens is 2. The highest BCUT2D eigenvalue weighted by atomic mass is 35.5. The summed E-state index contributed by atoms with van der Waals surface area (Å²) in [7, 11) is 3.00. The molecule has 7 rings (SSSR count). The Labute approximate surface area is 330 Å². The first-order valence-electron chi connectivity index (χ1n) is 16.4. The first-order chi connectivity index (χ1) is 26.6. The fourth-order valence-electron chi connectivity index (χ4n) is 5.98. The number of hydrogen-bond acceptors (Lipinski definition) is 12. The van der Waals surface area contributed by atoms with Gasteiger partial charge in [-0.1, -0.05) is 77.0 Å². The van der Waals surface area contributed by atoms with E-state index < -0.39 is 22.5 Å². The van der Waals surface area contributed by atoms with Gasteiger partial charge in [-0.3, -0.25) is 24.6 Å². The molecule has 278 valence electrons. The van der Waals surface area contributed by atoms with Crippen molar-refractivity contribution in [2.45, 2.75) is 23.0 Å². The summed E-state index contributed by atoms with van der Waals surface area (Å²) in [5.74, 6) is 0.578. The second-order valence-corrected chi connectivity index (χ2v) is 14.6. The van der Waals surface area contributed by atoms with Gasteiger partial charge in [-0.15, -0.1) is 5.10 Å². The van der Waals surface area contributed by atoms with Crippen molar-refractivity contribution in [3.63, 3.8) is 0 Å². The summed E-state index contributed by atoms with van der Waals surface area (Å²) in [6.07, 6.45) is 1.56. The van der Waals surface area contributed by atoms with Crippen LogP contribution in [0.2, 0.25) is 10.0 Å². The van der Waals surface area contributed by atoms with Crippen LogP contribution in [-0.2, 0) is 9.53 Å². The SMILES string of the molecule is CCOC(=O)C1=C(c2ccccc2)N=c2s/c(=C/c3ccc(Sc4n[nH]c(-c5ccc(Cl)cc5Cl)n4)c([N+](=O)[O-])c3)c(=O)n2[C@H]1c1ccc(OC)c(OC)c1. The van der Waals surface area contributed by atoms with Gasteiger partial charge in [0, 0.05) is 22.2 Å². The number of carbonyl (C=O) groups excluding carboxylic acids is 1. The highest BCUT2D eigenvalue weighted by Crippen LogP contribution is 2.39. The highest BCUT2D eigenvalue weighted by molar-refractivity contribution is 7.99. The molecule has 0 saturated carbocycles. The molecular formula is C38H28Cl2N6O7S2. The van der Waals surface area contributed by atoms with Crippen molar-refractivity contribution in [2.24, 2.45) is 4.99 Å². The number of nitrogens with zero attached hydrogens (tertiary/aromatic N) is 5. The lowest BCUT2D eigenvalue weighted by Gasteiger charge is -2.26. The van der Waals surface area contributed by atoms with Crippen molar-refractivity contribution < 1.29 is 23.9 Å². The summed E-state index contributed by atoms with van der Waals surface area (Å²) in [5, 5.41) is 20.4. The molecule has 55 heavy (non-hydrogen) atoms. The van der Waals surface area contributed by atoms with Crippen molar-refractivity contribution in [3.8, 4) is 22.9 Å². The number of H-pyrrole nitrogens is 1. The number of aromatic amines is 1. The van der Waals surface area contributed by atoms with E-state index >= 15 is 0 Å². The average molecular weight is 816 g/mol. The van der Waals surface area contributed by atoms with E-state index in [4.69, 9.17) is 42.4 Å². The summed E-state index contributed by atoms with van der Waals surface area (Å²) in [6.45, 7) is 1.79. The molecule has 3 heterocycles. The van der Waals surface area contributed by atoms with E-state index in [2.05, 4.69) is 15.2 Å². The summed E-state index contributed by atoms with van der Waals surface area (Å²) in [6, 6.07) is 22.8. The number of esters is 1. The minimum absolute atomic E-state index is 0.0919.